The second-order valence-corrected chi connectivity index (χ2v) is 9.48. The minimum atomic E-state index is -0.217. The van der Waals surface area contributed by atoms with E-state index in [0.29, 0.717) is 23.0 Å². The summed E-state index contributed by atoms with van der Waals surface area (Å²) in [6.45, 7) is 4.58. The molecule has 0 radical (unpaired) electrons. The molecular formula is C25H28ClFN6. The number of aromatic nitrogens is 4. The van der Waals surface area contributed by atoms with Gasteiger partial charge in [0.25, 0.3) is 0 Å². The Balaban J connectivity index is 1.11. The summed E-state index contributed by atoms with van der Waals surface area (Å²) in [6, 6.07) is 11.4. The summed E-state index contributed by atoms with van der Waals surface area (Å²) < 4.78 is 14.0. The predicted molar refractivity (Wildman–Crippen MR) is 129 cm³/mol. The van der Waals surface area contributed by atoms with Crippen LogP contribution in [0.15, 0.2) is 48.9 Å². The zero-order chi connectivity index (χ0) is 22.8. The largest absolute Gasteiger partial charge is 0.361 e. The van der Waals surface area contributed by atoms with Gasteiger partial charge in [0.15, 0.2) is 0 Å². The van der Waals surface area contributed by atoms with Gasteiger partial charge in [0.05, 0.1) is 0 Å². The van der Waals surface area contributed by atoms with Gasteiger partial charge in [0.2, 0.25) is 0 Å². The molecular weight excluding hydrogens is 439 g/mol. The maximum Gasteiger partial charge on any atom is 0.137 e. The van der Waals surface area contributed by atoms with E-state index in [1.54, 1.807) is 18.5 Å². The zero-order valence-electron chi connectivity index (χ0n) is 18.7. The van der Waals surface area contributed by atoms with Crippen LogP contribution in [-0.2, 0) is 19.4 Å². The standard InChI is InChI=1S/C25H28ClFN6/c1-32(12-18-13-33(14-18)15-21-22(26)3-2-4-23(21)27)8-7-19-11-28-24-6-5-17(9-20(19)24)10-25-29-16-30-31-25/h2-6,9,11,16,18,28H,7-8,10,12-15H2,1H3,(H,29,30,31). The quantitative estimate of drug-likeness (QED) is 0.386. The second-order valence-electron chi connectivity index (χ2n) is 9.08. The second kappa shape index (κ2) is 9.63. The Hall–Kier alpha value is -2.74. The first-order valence-corrected chi connectivity index (χ1v) is 11.7. The van der Waals surface area contributed by atoms with Crippen LogP contribution < -0.4 is 0 Å². The van der Waals surface area contributed by atoms with Crippen molar-refractivity contribution in [2.24, 2.45) is 5.92 Å². The maximum atomic E-state index is 14.0. The number of rotatable bonds is 9. The summed E-state index contributed by atoms with van der Waals surface area (Å²) >= 11 is 6.17. The van der Waals surface area contributed by atoms with Gasteiger partial charge in [-0.1, -0.05) is 23.7 Å². The summed E-state index contributed by atoms with van der Waals surface area (Å²) in [5, 5.41) is 8.65. The lowest BCUT2D eigenvalue weighted by atomic mass is 9.98. The van der Waals surface area contributed by atoms with Crippen LogP contribution in [0.2, 0.25) is 5.02 Å². The van der Waals surface area contributed by atoms with E-state index in [2.05, 4.69) is 61.4 Å². The van der Waals surface area contributed by atoms with E-state index in [1.807, 2.05) is 0 Å². The third-order valence-corrected chi connectivity index (χ3v) is 6.83. The van der Waals surface area contributed by atoms with Gasteiger partial charge in [-0.15, -0.1) is 0 Å². The number of aromatic amines is 2. The van der Waals surface area contributed by atoms with Crippen LogP contribution in [0, 0.1) is 11.7 Å². The van der Waals surface area contributed by atoms with Crippen molar-refractivity contribution in [2.45, 2.75) is 19.4 Å². The van der Waals surface area contributed by atoms with Crippen molar-refractivity contribution in [3.05, 3.63) is 82.3 Å². The van der Waals surface area contributed by atoms with Crippen molar-refractivity contribution >= 4 is 22.5 Å². The highest BCUT2D eigenvalue weighted by molar-refractivity contribution is 6.31. The van der Waals surface area contributed by atoms with Crippen molar-refractivity contribution in [3.8, 4) is 0 Å². The molecule has 0 aliphatic carbocycles. The number of nitrogens with zero attached hydrogens (tertiary/aromatic N) is 4. The van der Waals surface area contributed by atoms with Gasteiger partial charge < -0.3 is 9.88 Å². The van der Waals surface area contributed by atoms with Crippen molar-refractivity contribution in [3.63, 3.8) is 0 Å². The van der Waals surface area contributed by atoms with Crippen molar-refractivity contribution < 1.29 is 4.39 Å². The van der Waals surface area contributed by atoms with Crippen molar-refractivity contribution in [1.29, 1.82) is 0 Å². The molecule has 2 N–H and O–H groups in total. The van der Waals surface area contributed by atoms with E-state index in [-0.39, 0.29) is 5.82 Å². The molecule has 5 rings (SSSR count). The van der Waals surface area contributed by atoms with Crippen LogP contribution in [0.25, 0.3) is 10.9 Å². The first-order chi connectivity index (χ1) is 16.0. The average Bonchev–Trinajstić information content (AvgIpc) is 3.42. The SMILES string of the molecule is CN(CCc1c[nH]c2ccc(Cc3ncn[nH]3)cc12)CC1CN(Cc2c(F)cccc2Cl)C1. The van der Waals surface area contributed by atoms with Crippen molar-refractivity contribution in [1.82, 2.24) is 30.0 Å². The van der Waals surface area contributed by atoms with Crippen LogP contribution in [0.3, 0.4) is 0 Å². The molecule has 33 heavy (non-hydrogen) atoms. The zero-order valence-corrected chi connectivity index (χ0v) is 19.4. The number of benzene rings is 2. The molecule has 4 aromatic rings. The molecule has 2 aromatic heterocycles. The summed E-state index contributed by atoms with van der Waals surface area (Å²) in [5.41, 5.74) is 4.32. The van der Waals surface area contributed by atoms with Crippen molar-refractivity contribution in [2.75, 3.05) is 33.2 Å². The Labute approximate surface area is 197 Å². The minimum Gasteiger partial charge on any atom is -0.361 e. The number of nitrogens with one attached hydrogen (secondary N) is 2. The number of likely N-dealkylation sites (N-methyl/N-ethyl adjacent to an activating group) is 1. The summed E-state index contributed by atoms with van der Waals surface area (Å²) in [4.78, 5) is 12.3. The molecule has 8 heteroatoms. The van der Waals surface area contributed by atoms with Gasteiger partial charge in [0, 0.05) is 66.8 Å². The fourth-order valence-electron chi connectivity index (χ4n) is 4.72. The van der Waals surface area contributed by atoms with E-state index < -0.39 is 0 Å². The lowest BCUT2D eigenvalue weighted by molar-refractivity contribution is 0.0668. The molecule has 0 atom stereocenters. The Morgan fingerprint density at radius 2 is 2.12 bits per heavy atom. The fourth-order valence-corrected chi connectivity index (χ4v) is 4.95. The molecule has 1 saturated heterocycles. The smallest absolute Gasteiger partial charge is 0.137 e. The third-order valence-electron chi connectivity index (χ3n) is 6.48. The third kappa shape index (κ3) is 5.11. The van der Waals surface area contributed by atoms with Crippen LogP contribution in [-0.4, -0.2) is 63.2 Å². The lowest BCUT2D eigenvalue weighted by Crippen LogP contribution is -2.50. The van der Waals surface area contributed by atoms with Crippen LogP contribution in [0.5, 0.6) is 0 Å². The summed E-state index contributed by atoms with van der Waals surface area (Å²) in [5.74, 6) is 1.26. The summed E-state index contributed by atoms with van der Waals surface area (Å²) in [6.07, 6.45) is 5.40. The van der Waals surface area contributed by atoms with Gasteiger partial charge in [-0.2, -0.15) is 5.10 Å². The molecule has 1 fully saturated rings. The first-order valence-electron chi connectivity index (χ1n) is 11.3. The molecule has 0 saturated carbocycles. The first kappa shape index (κ1) is 22.1. The Morgan fingerprint density at radius 1 is 1.24 bits per heavy atom. The van der Waals surface area contributed by atoms with Gasteiger partial charge in [-0.25, -0.2) is 9.37 Å². The lowest BCUT2D eigenvalue weighted by Gasteiger charge is -2.41. The topological polar surface area (TPSA) is 63.8 Å². The van der Waals surface area contributed by atoms with E-state index >= 15 is 0 Å². The average molecular weight is 467 g/mol. The molecule has 0 bridgehead atoms. The summed E-state index contributed by atoms with van der Waals surface area (Å²) in [7, 11) is 2.18. The van der Waals surface area contributed by atoms with E-state index in [1.165, 1.54) is 22.6 Å². The molecule has 2 aromatic carbocycles. The number of hydrogen-bond donors (Lipinski definition) is 2. The molecule has 172 valence electrons. The monoisotopic (exact) mass is 466 g/mol. The number of likely N-dealkylation sites (tertiary alicyclic amines) is 1. The Kier molecular flexibility index (Phi) is 6.44. The highest BCUT2D eigenvalue weighted by Gasteiger charge is 2.28. The Morgan fingerprint density at radius 3 is 2.91 bits per heavy atom. The highest BCUT2D eigenvalue weighted by atomic mass is 35.5. The molecule has 0 unspecified atom stereocenters. The minimum absolute atomic E-state index is 0.217. The van der Waals surface area contributed by atoms with Gasteiger partial charge in [-0.05, 0) is 54.8 Å². The molecule has 1 aliphatic heterocycles. The van der Waals surface area contributed by atoms with E-state index in [4.69, 9.17) is 11.6 Å². The molecule has 3 heterocycles. The van der Waals surface area contributed by atoms with Crippen LogP contribution >= 0.6 is 11.6 Å². The molecule has 0 spiro atoms. The Bertz CT molecular complexity index is 1190. The predicted octanol–water partition coefficient (Wildman–Crippen LogP) is 4.28. The fraction of sp³-hybridized carbons (Fsp3) is 0.360. The number of halogens is 2. The number of H-pyrrole nitrogens is 2. The van der Waals surface area contributed by atoms with E-state index in [9.17, 15) is 4.39 Å². The van der Waals surface area contributed by atoms with Gasteiger partial charge in [-0.3, -0.25) is 10.00 Å². The highest BCUT2D eigenvalue weighted by Crippen LogP contribution is 2.26. The molecule has 1 aliphatic rings. The molecule has 6 nitrogen and oxygen atoms in total. The van der Waals surface area contributed by atoms with Crippen LogP contribution in [0.1, 0.15) is 22.5 Å². The number of hydrogen-bond acceptors (Lipinski definition) is 4. The van der Waals surface area contributed by atoms with Gasteiger partial charge >= 0.3 is 0 Å². The maximum absolute atomic E-state index is 14.0. The van der Waals surface area contributed by atoms with Gasteiger partial charge in [0.1, 0.15) is 18.0 Å². The number of fused-ring (bicyclic) bond motifs is 1. The normalized spacial score (nSPS) is 14.9. The van der Waals surface area contributed by atoms with Crippen LogP contribution in [0.4, 0.5) is 4.39 Å². The molecule has 0 amide bonds. The van der Waals surface area contributed by atoms with E-state index in [0.717, 1.165) is 50.4 Å².